The van der Waals surface area contributed by atoms with Crippen molar-refractivity contribution in [1.29, 1.82) is 0 Å². The van der Waals surface area contributed by atoms with Crippen LogP contribution < -0.4 is 0 Å². The number of aryl methyl sites for hydroxylation is 1. The molecule has 0 fully saturated rings. The molecule has 4 rings (SSSR count). The second kappa shape index (κ2) is 7.36. The van der Waals surface area contributed by atoms with Crippen molar-refractivity contribution in [3.63, 3.8) is 0 Å². The number of benzene rings is 1. The molecule has 2 aromatic rings. The van der Waals surface area contributed by atoms with Crippen LogP contribution in [0.1, 0.15) is 77.5 Å². The Kier molecular flexibility index (Phi) is 4.95. The van der Waals surface area contributed by atoms with Crippen LogP contribution >= 0.6 is 11.3 Å². The number of rotatable bonds is 4. The zero-order valence-corrected chi connectivity index (χ0v) is 16.5. The third-order valence-corrected chi connectivity index (χ3v) is 6.88. The first-order valence-corrected chi connectivity index (χ1v) is 10.6. The summed E-state index contributed by atoms with van der Waals surface area (Å²) in [6.07, 6.45) is 8.77. The molecule has 1 aromatic carbocycles. The maximum Gasteiger partial charge on any atom is 0.202 e. The van der Waals surface area contributed by atoms with E-state index in [4.69, 9.17) is 0 Å². The quantitative estimate of drug-likeness (QED) is 0.529. The standard InChI is InChI=1S/C24H26OS/c1-16-9-6-7-12-19(16)20-13-8-14-21(20)22-15-23(26-17(22)2)24(25)18-10-4-3-5-11-18/h3-5,10-11,15H,6-9,12-14H2,1-2H3. The molecule has 1 heterocycles. The number of thiophene rings is 1. The number of allylic oxidation sites excluding steroid dienone is 4. The smallest absolute Gasteiger partial charge is 0.202 e. The largest absolute Gasteiger partial charge is 0.288 e. The molecule has 0 radical (unpaired) electrons. The van der Waals surface area contributed by atoms with Gasteiger partial charge in [0, 0.05) is 10.4 Å². The predicted molar refractivity (Wildman–Crippen MR) is 111 cm³/mol. The second-order valence-electron chi connectivity index (χ2n) is 7.55. The molecular weight excluding hydrogens is 336 g/mol. The number of hydrogen-bond acceptors (Lipinski definition) is 2. The van der Waals surface area contributed by atoms with E-state index in [1.54, 1.807) is 28.1 Å². The fourth-order valence-corrected chi connectivity index (χ4v) is 5.47. The van der Waals surface area contributed by atoms with Crippen LogP contribution in [0.4, 0.5) is 0 Å². The van der Waals surface area contributed by atoms with Crippen LogP contribution in [0.25, 0.3) is 5.57 Å². The van der Waals surface area contributed by atoms with Gasteiger partial charge in [-0.25, -0.2) is 0 Å². The molecule has 0 spiro atoms. The Morgan fingerprint density at radius 2 is 1.54 bits per heavy atom. The van der Waals surface area contributed by atoms with Crippen molar-refractivity contribution >= 4 is 22.7 Å². The van der Waals surface area contributed by atoms with Gasteiger partial charge in [-0.2, -0.15) is 0 Å². The molecule has 0 N–H and O–H groups in total. The summed E-state index contributed by atoms with van der Waals surface area (Å²) in [7, 11) is 0. The van der Waals surface area contributed by atoms with Gasteiger partial charge in [0.2, 0.25) is 5.78 Å². The topological polar surface area (TPSA) is 17.1 Å². The highest BCUT2D eigenvalue weighted by Gasteiger charge is 2.25. The highest BCUT2D eigenvalue weighted by Crippen LogP contribution is 2.44. The Labute approximate surface area is 160 Å². The Hall–Kier alpha value is -1.93. The van der Waals surface area contributed by atoms with Gasteiger partial charge in [-0.1, -0.05) is 35.9 Å². The number of carbonyl (C=O) groups is 1. The average molecular weight is 363 g/mol. The van der Waals surface area contributed by atoms with Gasteiger partial charge in [-0.15, -0.1) is 11.3 Å². The zero-order valence-electron chi connectivity index (χ0n) is 15.7. The lowest BCUT2D eigenvalue weighted by molar-refractivity contribution is 0.104. The van der Waals surface area contributed by atoms with Gasteiger partial charge in [-0.05, 0) is 87.1 Å². The van der Waals surface area contributed by atoms with Crippen LogP contribution in [0.5, 0.6) is 0 Å². The van der Waals surface area contributed by atoms with Gasteiger partial charge in [-0.3, -0.25) is 4.79 Å². The summed E-state index contributed by atoms with van der Waals surface area (Å²) >= 11 is 1.65. The molecule has 134 valence electrons. The molecule has 26 heavy (non-hydrogen) atoms. The minimum Gasteiger partial charge on any atom is -0.288 e. The highest BCUT2D eigenvalue weighted by atomic mass is 32.1. The molecule has 0 saturated carbocycles. The minimum absolute atomic E-state index is 0.151. The molecular formula is C24H26OS. The summed E-state index contributed by atoms with van der Waals surface area (Å²) in [6, 6.07) is 11.8. The van der Waals surface area contributed by atoms with E-state index >= 15 is 0 Å². The maximum absolute atomic E-state index is 12.8. The molecule has 0 saturated heterocycles. The molecule has 0 atom stereocenters. The molecule has 0 unspecified atom stereocenters. The molecule has 2 heteroatoms. The predicted octanol–water partition coefficient (Wildman–Crippen LogP) is 7.12. The minimum atomic E-state index is 0.151. The van der Waals surface area contributed by atoms with E-state index in [9.17, 15) is 4.79 Å². The first-order chi connectivity index (χ1) is 12.6. The molecule has 2 aliphatic rings. The summed E-state index contributed by atoms with van der Waals surface area (Å²) in [4.78, 5) is 15.0. The van der Waals surface area contributed by atoms with Crippen LogP contribution in [0, 0.1) is 6.92 Å². The van der Waals surface area contributed by atoms with Crippen LogP contribution in [-0.2, 0) is 0 Å². The van der Waals surface area contributed by atoms with Crippen molar-refractivity contribution in [1.82, 2.24) is 0 Å². The van der Waals surface area contributed by atoms with E-state index in [0.29, 0.717) is 0 Å². The van der Waals surface area contributed by atoms with Gasteiger partial charge in [0.1, 0.15) is 0 Å². The molecule has 0 amide bonds. The third-order valence-electron chi connectivity index (χ3n) is 5.83. The van der Waals surface area contributed by atoms with Gasteiger partial charge >= 0.3 is 0 Å². The Bertz CT molecular complexity index is 896. The summed E-state index contributed by atoms with van der Waals surface area (Å²) in [5, 5.41) is 0. The monoisotopic (exact) mass is 362 g/mol. The molecule has 0 bridgehead atoms. The summed E-state index contributed by atoms with van der Waals surface area (Å²) in [5.41, 5.74) is 8.45. The van der Waals surface area contributed by atoms with Crippen molar-refractivity contribution in [3.8, 4) is 0 Å². The highest BCUT2D eigenvalue weighted by molar-refractivity contribution is 7.14. The van der Waals surface area contributed by atoms with Crippen LogP contribution in [-0.4, -0.2) is 5.78 Å². The van der Waals surface area contributed by atoms with E-state index in [0.717, 1.165) is 16.9 Å². The molecule has 0 aliphatic heterocycles. The van der Waals surface area contributed by atoms with Crippen molar-refractivity contribution in [2.45, 2.75) is 58.8 Å². The van der Waals surface area contributed by atoms with E-state index in [1.807, 2.05) is 30.3 Å². The van der Waals surface area contributed by atoms with Crippen LogP contribution in [0.2, 0.25) is 0 Å². The zero-order chi connectivity index (χ0) is 18.1. The van der Waals surface area contributed by atoms with E-state index in [1.165, 1.54) is 54.5 Å². The fraction of sp³-hybridized carbons (Fsp3) is 0.375. The van der Waals surface area contributed by atoms with Gasteiger partial charge < -0.3 is 0 Å². The molecule has 1 aromatic heterocycles. The summed E-state index contributed by atoms with van der Waals surface area (Å²) in [5.74, 6) is 0.151. The Morgan fingerprint density at radius 3 is 2.31 bits per heavy atom. The lowest BCUT2D eigenvalue weighted by atomic mass is 9.85. The van der Waals surface area contributed by atoms with Crippen molar-refractivity contribution in [2.75, 3.05) is 0 Å². The van der Waals surface area contributed by atoms with Crippen LogP contribution in [0.3, 0.4) is 0 Å². The van der Waals surface area contributed by atoms with E-state index < -0.39 is 0 Å². The third kappa shape index (κ3) is 3.23. The molecule has 2 aliphatic carbocycles. The van der Waals surface area contributed by atoms with Gasteiger partial charge in [0.25, 0.3) is 0 Å². The summed E-state index contributed by atoms with van der Waals surface area (Å²) < 4.78 is 0. The Balaban J connectivity index is 1.73. The molecule has 1 nitrogen and oxygen atoms in total. The second-order valence-corrected chi connectivity index (χ2v) is 8.81. The Morgan fingerprint density at radius 1 is 0.846 bits per heavy atom. The van der Waals surface area contributed by atoms with Crippen molar-refractivity contribution < 1.29 is 4.79 Å². The number of ketones is 1. The van der Waals surface area contributed by atoms with Gasteiger partial charge in [0.15, 0.2) is 0 Å². The first-order valence-electron chi connectivity index (χ1n) is 9.76. The van der Waals surface area contributed by atoms with E-state index in [-0.39, 0.29) is 5.78 Å². The SMILES string of the molecule is CC1=C(C2=C(c3cc(C(=O)c4ccccc4)sc3C)CCC2)CCCC1. The van der Waals surface area contributed by atoms with Crippen LogP contribution in [0.15, 0.2) is 53.1 Å². The lowest BCUT2D eigenvalue weighted by Gasteiger charge is -2.20. The maximum atomic E-state index is 12.8. The number of carbonyl (C=O) groups excluding carboxylic acids is 1. The van der Waals surface area contributed by atoms with E-state index in [2.05, 4.69) is 19.9 Å². The first kappa shape index (κ1) is 17.5. The lowest BCUT2D eigenvalue weighted by Crippen LogP contribution is -2.01. The van der Waals surface area contributed by atoms with Crippen molar-refractivity contribution in [3.05, 3.63) is 74.0 Å². The van der Waals surface area contributed by atoms with Gasteiger partial charge in [0.05, 0.1) is 4.88 Å². The van der Waals surface area contributed by atoms with Crippen molar-refractivity contribution in [2.24, 2.45) is 0 Å². The average Bonchev–Trinajstić information content (AvgIpc) is 3.28. The normalized spacial score (nSPS) is 17.9. The summed E-state index contributed by atoms with van der Waals surface area (Å²) in [6.45, 7) is 4.50. The number of hydrogen-bond donors (Lipinski definition) is 0. The fourth-order valence-electron chi connectivity index (χ4n) is 4.46.